The Bertz CT molecular complexity index is 1240. The molecule has 12 unspecified atom stereocenters. The molecule has 2 fully saturated rings. The first-order chi connectivity index (χ1) is 34.6. The third kappa shape index (κ3) is 30.2. The molecule has 0 saturated carbocycles. The van der Waals surface area contributed by atoms with Crippen LogP contribution < -0.4 is 5.32 Å². The molecule has 12 atom stereocenters. The van der Waals surface area contributed by atoms with E-state index in [1.807, 2.05) is 6.08 Å². The smallest absolute Gasteiger partial charge is 0.220 e. The molecule has 420 valence electrons. The fourth-order valence-electron chi connectivity index (χ4n) is 9.94. The molecule has 0 bridgehead atoms. The average molecular weight is 1020 g/mol. The Morgan fingerprint density at radius 2 is 0.873 bits per heavy atom. The molecule has 2 saturated heterocycles. The number of hydrogen-bond donors (Lipinski definition) is 9. The number of aliphatic hydroxyl groups excluding tert-OH is 8. The Morgan fingerprint density at radius 3 is 1.30 bits per heavy atom. The molecular weight excluding hydrogens is 907 g/mol. The first-order valence-corrected chi connectivity index (χ1v) is 29.4. The van der Waals surface area contributed by atoms with E-state index < -0.39 is 86.8 Å². The molecule has 14 heteroatoms. The fourth-order valence-corrected chi connectivity index (χ4v) is 9.94. The van der Waals surface area contributed by atoms with Crippen LogP contribution in [0, 0.1) is 0 Å². The zero-order valence-corrected chi connectivity index (χ0v) is 45.0. The Kier molecular flexibility index (Phi) is 40.7. The van der Waals surface area contributed by atoms with Gasteiger partial charge in [0, 0.05) is 6.42 Å². The van der Waals surface area contributed by atoms with Crippen LogP contribution in [0.1, 0.15) is 251 Å². The molecule has 2 aliphatic rings. The standard InChI is InChI=1S/C57H109NO13/c1-3-5-7-9-11-13-14-15-16-17-18-19-20-21-22-23-24-25-26-27-28-29-30-31-32-33-35-37-39-41-49(62)58-45(46(61)40-38-36-34-12-10-8-6-4-2)44-68-56-54(67)52(65)55(48(43-60)70-56)71-57-53(66)51(64)50(63)47(42-59)69-57/h38,40,45-48,50-57,59-61,63-67H,3-37,39,41-44H2,1-2H3,(H,58,62)/b40-38+. The molecule has 0 radical (unpaired) electrons. The second-order valence-corrected chi connectivity index (χ2v) is 21.1. The van der Waals surface area contributed by atoms with Gasteiger partial charge >= 0.3 is 0 Å². The molecule has 71 heavy (non-hydrogen) atoms. The maximum absolute atomic E-state index is 13.2. The maximum Gasteiger partial charge on any atom is 0.220 e. The van der Waals surface area contributed by atoms with Crippen molar-refractivity contribution in [1.82, 2.24) is 5.32 Å². The molecule has 0 aromatic carbocycles. The highest BCUT2D eigenvalue weighted by molar-refractivity contribution is 5.76. The van der Waals surface area contributed by atoms with Crippen LogP contribution >= 0.6 is 0 Å². The molecular formula is C57H109NO13. The first-order valence-electron chi connectivity index (χ1n) is 29.4. The van der Waals surface area contributed by atoms with Gasteiger partial charge in [0.1, 0.15) is 48.8 Å². The van der Waals surface area contributed by atoms with Crippen molar-refractivity contribution in [1.29, 1.82) is 0 Å². The van der Waals surface area contributed by atoms with Gasteiger partial charge < -0.3 is 65.1 Å². The molecule has 0 aliphatic carbocycles. The van der Waals surface area contributed by atoms with Gasteiger partial charge in [0.2, 0.25) is 5.91 Å². The topological polar surface area (TPSA) is 228 Å². The van der Waals surface area contributed by atoms with E-state index in [-0.39, 0.29) is 18.9 Å². The van der Waals surface area contributed by atoms with Crippen LogP contribution in [0.2, 0.25) is 0 Å². The molecule has 0 spiro atoms. The molecule has 0 aromatic rings. The summed E-state index contributed by atoms with van der Waals surface area (Å²) >= 11 is 0. The van der Waals surface area contributed by atoms with Crippen molar-refractivity contribution in [2.45, 2.75) is 325 Å². The first kappa shape index (κ1) is 65.8. The summed E-state index contributed by atoms with van der Waals surface area (Å²) in [4.78, 5) is 13.2. The van der Waals surface area contributed by atoms with Crippen molar-refractivity contribution < 1.29 is 64.6 Å². The van der Waals surface area contributed by atoms with Crippen LogP contribution in [0.25, 0.3) is 0 Å². The van der Waals surface area contributed by atoms with Crippen molar-refractivity contribution in [3.05, 3.63) is 12.2 Å². The van der Waals surface area contributed by atoms with Gasteiger partial charge in [-0.25, -0.2) is 0 Å². The number of aliphatic hydroxyl groups is 8. The van der Waals surface area contributed by atoms with Crippen molar-refractivity contribution in [3.8, 4) is 0 Å². The van der Waals surface area contributed by atoms with Crippen LogP contribution in [-0.2, 0) is 23.7 Å². The fraction of sp³-hybridized carbons (Fsp3) is 0.947. The van der Waals surface area contributed by atoms with Crippen molar-refractivity contribution in [2.75, 3.05) is 19.8 Å². The van der Waals surface area contributed by atoms with Crippen LogP contribution in [0.3, 0.4) is 0 Å². The Balaban J connectivity index is 1.61. The quantitative estimate of drug-likeness (QED) is 0.0205. The predicted octanol–water partition coefficient (Wildman–Crippen LogP) is 9.50. The van der Waals surface area contributed by atoms with Gasteiger partial charge in [-0.15, -0.1) is 0 Å². The highest BCUT2D eigenvalue weighted by Gasteiger charge is 2.51. The predicted molar refractivity (Wildman–Crippen MR) is 282 cm³/mol. The minimum absolute atomic E-state index is 0.238. The lowest BCUT2D eigenvalue weighted by molar-refractivity contribution is -0.359. The third-order valence-corrected chi connectivity index (χ3v) is 14.7. The molecule has 1 amide bonds. The highest BCUT2D eigenvalue weighted by Crippen LogP contribution is 2.30. The lowest BCUT2D eigenvalue weighted by Crippen LogP contribution is -2.65. The number of hydrogen-bond acceptors (Lipinski definition) is 13. The SMILES string of the molecule is CCCCCCCC/C=C/C(O)C(COC1OC(CO)C(OC2OC(CO)C(O)C(O)C2O)C(O)C1O)NC(=O)CCCCCCCCCCCCCCCCCCCCCCCCCCCCCCC. The Morgan fingerprint density at radius 1 is 0.493 bits per heavy atom. The zero-order chi connectivity index (χ0) is 51.7. The Hall–Kier alpha value is -1.27. The number of carbonyl (C=O) groups excluding carboxylic acids is 1. The molecule has 2 heterocycles. The van der Waals surface area contributed by atoms with Crippen LogP contribution in [0.15, 0.2) is 12.2 Å². The monoisotopic (exact) mass is 1020 g/mol. The number of allylic oxidation sites excluding steroid dienone is 1. The van der Waals surface area contributed by atoms with E-state index >= 15 is 0 Å². The summed E-state index contributed by atoms with van der Waals surface area (Å²) in [5, 5.41) is 86.6. The number of amides is 1. The van der Waals surface area contributed by atoms with E-state index in [1.54, 1.807) is 6.08 Å². The van der Waals surface area contributed by atoms with Crippen molar-refractivity contribution >= 4 is 5.91 Å². The van der Waals surface area contributed by atoms with E-state index in [1.165, 1.54) is 180 Å². The summed E-state index contributed by atoms with van der Waals surface area (Å²) in [5.41, 5.74) is 0. The van der Waals surface area contributed by atoms with E-state index in [9.17, 15) is 45.6 Å². The number of carbonyl (C=O) groups is 1. The number of unbranched alkanes of at least 4 members (excludes halogenated alkanes) is 34. The van der Waals surface area contributed by atoms with Gasteiger partial charge in [0.25, 0.3) is 0 Å². The summed E-state index contributed by atoms with van der Waals surface area (Å²) in [6.45, 7) is 2.76. The maximum atomic E-state index is 13.2. The van der Waals surface area contributed by atoms with Gasteiger partial charge in [0.15, 0.2) is 12.6 Å². The molecule has 2 aliphatic heterocycles. The number of nitrogens with one attached hydrogen (secondary N) is 1. The lowest BCUT2D eigenvalue weighted by atomic mass is 9.97. The summed E-state index contributed by atoms with van der Waals surface area (Å²) in [5.74, 6) is -0.238. The molecule has 2 rings (SSSR count). The number of ether oxygens (including phenoxy) is 4. The Labute approximate surface area is 431 Å². The van der Waals surface area contributed by atoms with E-state index in [0.717, 1.165) is 44.9 Å². The molecule has 14 nitrogen and oxygen atoms in total. The molecule has 9 N–H and O–H groups in total. The van der Waals surface area contributed by atoms with E-state index in [0.29, 0.717) is 6.42 Å². The van der Waals surface area contributed by atoms with E-state index in [2.05, 4.69) is 19.2 Å². The normalized spacial score (nSPS) is 25.8. The third-order valence-electron chi connectivity index (χ3n) is 14.7. The largest absolute Gasteiger partial charge is 0.394 e. The van der Waals surface area contributed by atoms with Gasteiger partial charge in [-0.2, -0.15) is 0 Å². The van der Waals surface area contributed by atoms with E-state index in [4.69, 9.17) is 18.9 Å². The summed E-state index contributed by atoms with van der Waals surface area (Å²) in [6.07, 6.45) is 33.1. The average Bonchev–Trinajstić information content (AvgIpc) is 3.37. The highest BCUT2D eigenvalue weighted by atomic mass is 16.7. The number of rotatable bonds is 47. The van der Waals surface area contributed by atoms with Gasteiger partial charge in [-0.05, 0) is 19.3 Å². The summed E-state index contributed by atoms with van der Waals surface area (Å²) < 4.78 is 22.7. The van der Waals surface area contributed by atoms with Crippen LogP contribution in [-0.4, -0.2) is 140 Å². The summed E-state index contributed by atoms with van der Waals surface area (Å²) in [7, 11) is 0. The van der Waals surface area contributed by atoms with Crippen LogP contribution in [0.5, 0.6) is 0 Å². The minimum Gasteiger partial charge on any atom is -0.394 e. The van der Waals surface area contributed by atoms with Gasteiger partial charge in [0.05, 0.1) is 32.0 Å². The summed E-state index contributed by atoms with van der Waals surface area (Å²) in [6, 6.07) is -0.907. The van der Waals surface area contributed by atoms with Crippen LogP contribution in [0.4, 0.5) is 0 Å². The van der Waals surface area contributed by atoms with Gasteiger partial charge in [-0.3, -0.25) is 4.79 Å². The molecule has 0 aromatic heterocycles. The second kappa shape index (κ2) is 43.9. The van der Waals surface area contributed by atoms with Gasteiger partial charge in [-0.1, -0.05) is 238 Å². The van der Waals surface area contributed by atoms with Crippen molar-refractivity contribution in [2.24, 2.45) is 0 Å². The minimum atomic E-state index is -1.78. The van der Waals surface area contributed by atoms with Crippen molar-refractivity contribution in [3.63, 3.8) is 0 Å². The second-order valence-electron chi connectivity index (χ2n) is 21.1. The lowest BCUT2D eigenvalue weighted by Gasteiger charge is -2.46. The zero-order valence-electron chi connectivity index (χ0n) is 45.0.